The second-order valence-corrected chi connectivity index (χ2v) is 7.07. The van der Waals surface area contributed by atoms with Gasteiger partial charge in [0.25, 0.3) is 5.91 Å². The van der Waals surface area contributed by atoms with Crippen molar-refractivity contribution >= 4 is 40.1 Å². The van der Waals surface area contributed by atoms with Gasteiger partial charge in [0, 0.05) is 17.6 Å². The first-order chi connectivity index (χ1) is 13.5. The van der Waals surface area contributed by atoms with Crippen LogP contribution in [0.15, 0.2) is 42.1 Å². The Morgan fingerprint density at radius 2 is 2.25 bits per heavy atom. The van der Waals surface area contributed by atoms with Gasteiger partial charge in [-0.15, -0.1) is 10.2 Å². The molecule has 0 unspecified atom stereocenters. The van der Waals surface area contributed by atoms with E-state index in [0.29, 0.717) is 21.6 Å². The lowest BCUT2D eigenvalue weighted by Crippen LogP contribution is -2.13. The molecule has 0 bridgehead atoms. The van der Waals surface area contributed by atoms with E-state index >= 15 is 0 Å². The lowest BCUT2D eigenvalue weighted by molar-refractivity contribution is -0.112. The highest BCUT2D eigenvalue weighted by Gasteiger charge is 2.14. The Labute approximate surface area is 170 Å². The molecule has 2 aromatic heterocycles. The third kappa shape index (κ3) is 4.22. The first-order valence-corrected chi connectivity index (χ1v) is 9.52. The summed E-state index contributed by atoms with van der Waals surface area (Å²) in [5.41, 5.74) is 1.38. The first kappa shape index (κ1) is 19.6. The highest BCUT2D eigenvalue weighted by Crippen LogP contribution is 2.28. The van der Waals surface area contributed by atoms with Crippen LogP contribution >= 0.6 is 22.9 Å². The van der Waals surface area contributed by atoms with Crippen LogP contribution in [-0.4, -0.2) is 27.8 Å². The van der Waals surface area contributed by atoms with E-state index in [0.717, 1.165) is 17.1 Å². The molecule has 28 heavy (non-hydrogen) atoms. The molecule has 0 atom stereocenters. The van der Waals surface area contributed by atoms with Crippen molar-refractivity contribution in [2.75, 3.05) is 12.4 Å². The van der Waals surface area contributed by atoms with E-state index < -0.39 is 5.91 Å². The quantitative estimate of drug-likeness (QED) is 0.485. The average Bonchev–Trinajstić information content (AvgIpc) is 3.35. The molecule has 0 saturated carbocycles. The first-order valence-electron chi connectivity index (χ1n) is 8.32. The summed E-state index contributed by atoms with van der Waals surface area (Å²) in [6, 6.07) is 10.9. The minimum atomic E-state index is -0.540. The number of nitriles is 1. The number of nitrogens with zero attached hydrogens (tertiary/aromatic N) is 4. The fraction of sp³-hybridized carbons (Fsp3) is 0.158. The molecule has 142 valence electrons. The number of ether oxygens (including phenoxy) is 1. The van der Waals surface area contributed by atoms with Gasteiger partial charge >= 0.3 is 0 Å². The van der Waals surface area contributed by atoms with E-state index in [-0.39, 0.29) is 5.57 Å². The van der Waals surface area contributed by atoms with Crippen LogP contribution in [-0.2, 0) is 11.2 Å². The van der Waals surface area contributed by atoms with Crippen LogP contribution in [0.25, 0.3) is 11.8 Å². The number of carbonyl (C=O) groups is 1. The predicted molar refractivity (Wildman–Crippen MR) is 109 cm³/mol. The molecule has 0 aliphatic rings. The summed E-state index contributed by atoms with van der Waals surface area (Å²) in [5, 5.41) is 21.5. The van der Waals surface area contributed by atoms with Gasteiger partial charge < -0.3 is 9.30 Å². The summed E-state index contributed by atoms with van der Waals surface area (Å²) in [5.74, 6) is 0.0251. The zero-order chi connectivity index (χ0) is 20.1. The number of nitrogens with one attached hydrogen (secondary N) is 1. The van der Waals surface area contributed by atoms with Crippen LogP contribution in [0.4, 0.5) is 5.13 Å². The van der Waals surface area contributed by atoms with Gasteiger partial charge in [0.05, 0.1) is 12.1 Å². The largest absolute Gasteiger partial charge is 0.495 e. The SMILES string of the molecule is CCc1nnc(NC(=O)/C(C#N)=C\c2cccn2-c2ccc(OC)c(Cl)c2)s1. The van der Waals surface area contributed by atoms with Crippen molar-refractivity contribution < 1.29 is 9.53 Å². The Morgan fingerprint density at radius 3 is 2.89 bits per heavy atom. The molecule has 3 aromatic rings. The van der Waals surface area contributed by atoms with Crippen molar-refractivity contribution in [2.24, 2.45) is 0 Å². The van der Waals surface area contributed by atoms with Gasteiger partial charge in [-0.2, -0.15) is 5.26 Å². The molecule has 7 nitrogen and oxygen atoms in total. The molecule has 3 rings (SSSR count). The number of benzene rings is 1. The summed E-state index contributed by atoms with van der Waals surface area (Å²) in [7, 11) is 1.55. The number of anilines is 1. The van der Waals surface area contributed by atoms with Gasteiger partial charge in [0.1, 0.15) is 22.4 Å². The second-order valence-electron chi connectivity index (χ2n) is 5.60. The standard InChI is InChI=1S/C19H16ClN5O2S/c1-3-17-23-24-19(28-17)22-18(26)12(11-21)9-13-5-4-8-25(13)14-6-7-16(27-2)15(20)10-14/h4-10H,3H2,1-2H3,(H,22,24,26)/b12-9-. The summed E-state index contributed by atoms with van der Waals surface area (Å²) < 4.78 is 6.98. The zero-order valence-electron chi connectivity index (χ0n) is 15.1. The number of methoxy groups -OCH3 is 1. The van der Waals surface area contributed by atoms with E-state index in [2.05, 4.69) is 15.5 Å². The predicted octanol–water partition coefficient (Wildman–Crippen LogP) is 4.10. The monoisotopic (exact) mass is 413 g/mol. The van der Waals surface area contributed by atoms with Crippen molar-refractivity contribution in [3.8, 4) is 17.5 Å². The molecule has 0 fully saturated rings. The Morgan fingerprint density at radius 1 is 1.43 bits per heavy atom. The van der Waals surface area contributed by atoms with E-state index in [1.807, 2.05) is 35.9 Å². The topological polar surface area (TPSA) is 92.8 Å². The van der Waals surface area contributed by atoms with Crippen LogP contribution in [0.5, 0.6) is 5.75 Å². The Hall–Kier alpha value is -3.15. The summed E-state index contributed by atoms with van der Waals surface area (Å²) in [4.78, 5) is 12.4. The van der Waals surface area contributed by atoms with Gasteiger partial charge in [-0.1, -0.05) is 29.9 Å². The number of rotatable bonds is 6. The number of halogens is 1. The van der Waals surface area contributed by atoms with Crippen LogP contribution in [0.1, 0.15) is 17.6 Å². The van der Waals surface area contributed by atoms with Crippen molar-refractivity contribution in [2.45, 2.75) is 13.3 Å². The number of carbonyl (C=O) groups excluding carboxylic acids is 1. The van der Waals surface area contributed by atoms with Gasteiger partial charge in [0.15, 0.2) is 0 Å². The van der Waals surface area contributed by atoms with Gasteiger partial charge in [-0.25, -0.2) is 0 Å². The Kier molecular flexibility index (Phi) is 6.09. The number of aryl methyl sites for hydroxylation is 1. The zero-order valence-corrected chi connectivity index (χ0v) is 16.7. The van der Waals surface area contributed by atoms with E-state index in [1.165, 1.54) is 17.4 Å². The summed E-state index contributed by atoms with van der Waals surface area (Å²) in [6.07, 6.45) is 4.05. The highest BCUT2D eigenvalue weighted by atomic mass is 35.5. The molecule has 0 aliphatic heterocycles. The molecule has 2 heterocycles. The van der Waals surface area contributed by atoms with Gasteiger partial charge in [0.2, 0.25) is 5.13 Å². The molecule has 9 heteroatoms. The Balaban J connectivity index is 1.87. The molecular weight excluding hydrogens is 398 g/mol. The second kappa shape index (κ2) is 8.69. The number of aromatic nitrogens is 3. The lowest BCUT2D eigenvalue weighted by Gasteiger charge is -2.10. The third-order valence-electron chi connectivity index (χ3n) is 3.84. The van der Waals surface area contributed by atoms with E-state index in [9.17, 15) is 10.1 Å². The fourth-order valence-electron chi connectivity index (χ4n) is 2.46. The minimum Gasteiger partial charge on any atom is -0.495 e. The molecule has 1 N–H and O–H groups in total. The molecule has 1 amide bonds. The van der Waals surface area contributed by atoms with Crippen molar-refractivity contribution in [1.29, 1.82) is 5.26 Å². The maximum atomic E-state index is 12.4. The smallest absolute Gasteiger partial charge is 0.268 e. The Bertz CT molecular complexity index is 1080. The summed E-state index contributed by atoms with van der Waals surface area (Å²) in [6.45, 7) is 1.95. The molecule has 0 saturated heterocycles. The average molecular weight is 414 g/mol. The molecule has 0 aliphatic carbocycles. The summed E-state index contributed by atoms with van der Waals surface area (Å²) >= 11 is 7.48. The highest BCUT2D eigenvalue weighted by molar-refractivity contribution is 7.15. The van der Waals surface area contributed by atoms with Gasteiger partial charge in [-0.3, -0.25) is 10.1 Å². The molecule has 0 radical (unpaired) electrons. The number of hydrogen-bond donors (Lipinski definition) is 1. The number of amides is 1. The molecule has 1 aromatic carbocycles. The lowest BCUT2D eigenvalue weighted by atomic mass is 10.2. The fourth-order valence-corrected chi connectivity index (χ4v) is 3.39. The molecular formula is C19H16ClN5O2S. The maximum Gasteiger partial charge on any atom is 0.268 e. The van der Waals surface area contributed by atoms with Crippen LogP contribution < -0.4 is 10.1 Å². The third-order valence-corrected chi connectivity index (χ3v) is 5.12. The minimum absolute atomic E-state index is 0.0483. The van der Waals surface area contributed by atoms with Crippen LogP contribution in [0.2, 0.25) is 5.02 Å². The van der Waals surface area contributed by atoms with Crippen molar-refractivity contribution in [1.82, 2.24) is 14.8 Å². The van der Waals surface area contributed by atoms with Crippen molar-refractivity contribution in [3.05, 3.63) is 57.8 Å². The maximum absolute atomic E-state index is 12.4. The normalized spacial score (nSPS) is 11.1. The van der Waals surface area contributed by atoms with Gasteiger partial charge in [-0.05, 0) is 42.8 Å². The van der Waals surface area contributed by atoms with E-state index in [4.69, 9.17) is 16.3 Å². The van der Waals surface area contributed by atoms with Crippen molar-refractivity contribution in [3.63, 3.8) is 0 Å². The number of hydrogen-bond acceptors (Lipinski definition) is 6. The van der Waals surface area contributed by atoms with Crippen LogP contribution in [0, 0.1) is 11.3 Å². The molecule has 0 spiro atoms. The van der Waals surface area contributed by atoms with E-state index in [1.54, 1.807) is 25.3 Å². The van der Waals surface area contributed by atoms with Crippen LogP contribution in [0.3, 0.4) is 0 Å².